The van der Waals surface area contributed by atoms with Crippen LogP contribution in [0.1, 0.15) is 34.7 Å². The van der Waals surface area contributed by atoms with Crippen molar-refractivity contribution in [3.63, 3.8) is 0 Å². The number of ether oxygens (including phenoxy) is 1. The van der Waals surface area contributed by atoms with E-state index in [0.717, 1.165) is 17.7 Å². The van der Waals surface area contributed by atoms with Crippen LogP contribution >= 0.6 is 0 Å². The van der Waals surface area contributed by atoms with Crippen LogP contribution in [0.25, 0.3) is 5.76 Å². The highest BCUT2D eigenvalue weighted by Crippen LogP contribution is 2.39. The molecule has 0 bridgehead atoms. The summed E-state index contributed by atoms with van der Waals surface area (Å²) in [6.45, 7) is 3.47. The van der Waals surface area contributed by atoms with Crippen LogP contribution in [0, 0.1) is 12.7 Å². The fraction of sp³-hybridized carbons (Fsp3) is 0.267. The summed E-state index contributed by atoms with van der Waals surface area (Å²) in [5.74, 6) is -1.51. The lowest BCUT2D eigenvalue weighted by Gasteiger charge is -2.26. The van der Waals surface area contributed by atoms with Crippen LogP contribution in [0.4, 0.5) is 4.39 Å². The Labute approximate surface area is 216 Å². The number of halogens is 1. The first kappa shape index (κ1) is 26.1. The Hall–Kier alpha value is -3.97. The van der Waals surface area contributed by atoms with Gasteiger partial charge >= 0.3 is 0 Å². The maximum atomic E-state index is 13.6. The Morgan fingerprint density at radius 2 is 1.73 bits per heavy atom. The molecule has 37 heavy (non-hydrogen) atoms. The summed E-state index contributed by atoms with van der Waals surface area (Å²) >= 11 is 0. The Kier molecular flexibility index (Phi) is 8.04. The zero-order valence-corrected chi connectivity index (χ0v) is 21.3. The van der Waals surface area contributed by atoms with Crippen LogP contribution < -0.4 is 4.74 Å². The zero-order valence-electron chi connectivity index (χ0n) is 21.3. The van der Waals surface area contributed by atoms with E-state index in [1.165, 1.54) is 17.0 Å². The third-order valence-electron chi connectivity index (χ3n) is 6.35. The molecule has 1 saturated heterocycles. The Morgan fingerprint density at radius 1 is 1.03 bits per heavy atom. The number of nitrogens with zero attached hydrogens (tertiary/aromatic N) is 2. The molecule has 1 amide bonds. The molecule has 3 aromatic rings. The summed E-state index contributed by atoms with van der Waals surface area (Å²) < 4.78 is 19.5. The second-order valence-corrected chi connectivity index (χ2v) is 9.50. The number of aliphatic hydroxyl groups excluding tert-OH is 1. The lowest BCUT2D eigenvalue weighted by Crippen LogP contribution is -2.32. The number of carbonyl (C=O) groups is 2. The van der Waals surface area contributed by atoms with Gasteiger partial charge in [0.1, 0.15) is 23.9 Å². The third-order valence-corrected chi connectivity index (χ3v) is 6.35. The van der Waals surface area contributed by atoms with Crippen molar-refractivity contribution in [2.75, 3.05) is 27.2 Å². The second-order valence-electron chi connectivity index (χ2n) is 9.50. The number of amides is 1. The molecule has 1 heterocycles. The van der Waals surface area contributed by atoms with Crippen molar-refractivity contribution in [1.29, 1.82) is 0 Å². The standard InChI is InChI=1S/C30H31FN2O4/c1-20-6-4-7-21(18-20)19-37-25-14-10-23(11-15-25)28(34)26-27(22-8-12-24(31)13-9-22)33(30(36)29(26)35)17-5-16-32(2)3/h4,6-15,18,27,34H,5,16-17,19H2,1-3H3/t27-/m0/s1. The van der Waals surface area contributed by atoms with Crippen molar-refractivity contribution >= 4 is 17.4 Å². The van der Waals surface area contributed by atoms with Crippen molar-refractivity contribution in [1.82, 2.24) is 9.80 Å². The molecule has 7 heteroatoms. The van der Waals surface area contributed by atoms with Crippen LogP contribution in [0.15, 0.2) is 78.4 Å². The predicted molar refractivity (Wildman–Crippen MR) is 141 cm³/mol. The van der Waals surface area contributed by atoms with Crippen molar-refractivity contribution in [3.05, 3.63) is 106 Å². The molecular formula is C30H31FN2O4. The molecule has 1 atom stereocenters. The minimum Gasteiger partial charge on any atom is -0.507 e. The Morgan fingerprint density at radius 3 is 2.38 bits per heavy atom. The van der Waals surface area contributed by atoms with E-state index in [2.05, 4.69) is 0 Å². The van der Waals surface area contributed by atoms with Gasteiger partial charge in [0.05, 0.1) is 11.6 Å². The van der Waals surface area contributed by atoms with Gasteiger partial charge in [-0.05, 0) is 81.5 Å². The second kappa shape index (κ2) is 11.4. The van der Waals surface area contributed by atoms with Crippen LogP contribution in [-0.4, -0.2) is 53.8 Å². The SMILES string of the molecule is Cc1cccc(COc2ccc(C(O)=C3C(=O)C(=O)N(CCCN(C)C)[C@H]3c3ccc(F)cc3)cc2)c1. The van der Waals surface area contributed by atoms with E-state index < -0.39 is 23.5 Å². The van der Waals surface area contributed by atoms with Gasteiger partial charge in [0.25, 0.3) is 11.7 Å². The molecule has 0 saturated carbocycles. The summed E-state index contributed by atoms with van der Waals surface area (Å²) in [7, 11) is 3.86. The van der Waals surface area contributed by atoms with Gasteiger partial charge in [0, 0.05) is 12.1 Å². The van der Waals surface area contributed by atoms with E-state index in [1.54, 1.807) is 36.4 Å². The van der Waals surface area contributed by atoms with E-state index in [-0.39, 0.29) is 11.3 Å². The minimum atomic E-state index is -0.806. The summed E-state index contributed by atoms with van der Waals surface area (Å²) in [6.07, 6.45) is 0.644. The number of rotatable bonds is 9. The normalized spacial score (nSPS) is 17.0. The predicted octanol–water partition coefficient (Wildman–Crippen LogP) is 5.09. The van der Waals surface area contributed by atoms with E-state index in [4.69, 9.17) is 4.74 Å². The molecule has 0 aliphatic carbocycles. The molecule has 1 aliphatic heterocycles. The lowest BCUT2D eigenvalue weighted by atomic mass is 9.95. The van der Waals surface area contributed by atoms with Crippen molar-refractivity contribution in [2.45, 2.75) is 26.0 Å². The molecular weight excluding hydrogens is 471 g/mol. The smallest absolute Gasteiger partial charge is 0.295 e. The maximum Gasteiger partial charge on any atom is 0.295 e. The molecule has 192 valence electrons. The van der Waals surface area contributed by atoms with Crippen molar-refractivity contribution in [2.24, 2.45) is 0 Å². The first-order valence-electron chi connectivity index (χ1n) is 12.2. The highest BCUT2D eigenvalue weighted by Gasteiger charge is 2.45. The third kappa shape index (κ3) is 6.06. The Bertz CT molecular complexity index is 1300. The highest BCUT2D eigenvalue weighted by atomic mass is 19.1. The summed E-state index contributed by atoms with van der Waals surface area (Å²) in [6, 6.07) is 19.6. The van der Waals surface area contributed by atoms with E-state index in [0.29, 0.717) is 36.4 Å². The monoisotopic (exact) mass is 502 g/mol. The molecule has 0 spiro atoms. The van der Waals surface area contributed by atoms with Crippen LogP contribution in [0.5, 0.6) is 5.75 Å². The topological polar surface area (TPSA) is 70.1 Å². The summed E-state index contributed by atoms with van der Waals surface area (Å²) in [5, 5.41) is 11.2. The molecule has 0 aromatic heterocycles. The molecule has 1 fully saturated rings. The largest absolute Gasteiger partial charge is 0.507 e. The van der Waals surface area contributed by atoms with Gasteiger partial charge in [-0.1, -0.05) is 42.0 Å². The van der Waals surface area contributed by atoms with Crippen LogP contribution in [0.2, 0.25) is 0 Å². The molecule has 1 aliphatic rings. The first-order chi connectivity index (χ1) is 17.7. The molecule has 4 rings (SSSR count). The number of benzene rings is 3. The van der Waals surface area contributed by atoms with Gasteiger partial charge in [0.15, 0.2) is 0 Å². The van der Waals surface area contributed by atoms with Gasteiger partial charge in [-0.15, -0.1) is 0 Å². The van der Waals surface area contributed by atoms with E-state index >= 15 is 0 Å². The maximum absolute atomic E-state index is 13.6. The van der Waals surface area contributed by atoms with Gasteiger partial charge in [-0.25, -0.2) is 4.39 Å². The van der Waals surface area contributed by atoms with Crippen molar-refractivity contribution < 1.29 is 23.8 Å². The molecule has 0 unspecified atom stereocenters. The number of hydrogen-bond donors (Lipinski definition) is 1. The van der Waals surface area contributed by atoms with Gasteiger partial charge < -0.3 is 19.6 Å². The number of likely N-dealkylation sites (tertiary alicyclic amines) is 1. The first-order valence-corrected chi connectivity index (χ1v) is 12.2. The Balaban J connectivity index is 1.62. The quantitative estimate of drug-likeness (QED) is 0.251. The highest BCUT2D eigenvalue weighted by molar-refractivity contribution is 6.46. The van der Waals surface area contributed by atoms with Crippen molar-refractivity contribution in [3.8, 4) is 5.75 Å². The number of ketones is 1. The molecule has 3 aromatic carbocycles. The average molecular weight is 503 g/mol. The number of Topliss-reactive ketones (excluding diaryl/α,β-unsaturated/α-hetero) is 1. The van der Waals surface area contributed by atoms with Crippen LogP contribution in [-0.2, 0) is 16.2 Å². The summed E-state index contributed by atoms with van der Waals surface area (Å²) in [5.41, 5.74) is 3.14. The minimum absolute atomic E-state index is 0.00473. The van der Waals surface area contributed by atoms with Crippen LogP contribution in [0.3, 0.4) is 0 Å². The van der Waals surface area contributed by atoms with Gasteiger partial charge in [-0.2, -0.15) is 0 Å². The zero-order chi connectivity index (χ0) is 26.5. The molecule has 1 N–H and O–H groups in total. The molecule has 6 nitrogen and oxygen atoms in total. The average Bonchev–Trinajstić information content (AvgIpc) is 3.13. The number of aryl methyl sites for hydroxylation is 1. The fourth-order valence-corrected chi connectivity index (χ4v) is 4.49. The van der Waals surface area contributed by atoms with Gasteiger partial charge in [-0.3, -0.25) is 9.59 Å². The fourth-order valence-electron chi connectivity index (χ4n) is 4.49. The van der Waals surface area contributed by atoms with E-state index in [9.17, 15) is 19.1 Å². The number of carbonyl (C=O) groups excluding carboxylic acids is 2. The van der Waals surface area contributed by atoms with Gasteiger partial charge in [0.2, 0.25) is 0 Å². The van der Waals surface area contributed by atoms with E-state index in [1.807, 2.05) is 50.2 Å². The lowest BCUT2D eigenvalue weighted by molar-refractivity contribution is -0.139. The number of hydrogen-bond acceptors (Lipinski definition) is 5. The molecule has 0 radical (unpaired) electrons. The number of aliphatic hydroxyl groups is 1. The summed E-state index contributed by atoms with van der Waals surface area (Å²) in [4.78, 5) is 29.6.